The zero-order valence-electron chi connectivity index (χ0n) is 20.6. The minimum absolute atomic E-state index is 0.0185. The van der Waals surface area contributed by atoms with Crippen molar-refractivity contribution < 1.29 is 36.2 Å². The van der Waals surface area contributed by atoms with Gasteiger partial charge in [-0.1, -0.05) is 49.7 Å². The zero-order valence-corrected chi connectivity index (χ0v) is 20.6. The molecule has 0 atom stereocenters. The summed E-state index contributed by atoms with van der Waals surface area (Å²) in [5.41, 5.74) is 2.30. The van der Waals surface area contributed by atoms with E-state index in [1.54, 1.807) is 36.4 Å². The van der Waals surface area contributed by atoms with Gasteiger partial charge < -0.3 is 14.2 Å². The molecule has 198 valence electrons. The molecular weight excluding hydrogens is 503 g/mol. The van der Waals surface area contributed by atoms with Gasteiger partial charge in [-0.2, -0.15) is 0 Å². The van der Waals surface area contributed by atoms with Gasteiger partial charge in [-0.3, -0.25) is 0 Å². The molecule has 8 heteroatoms. The van der Waals surface area contributed by atoms with E-state index in [2.05, 4.69) is 6.92 Å². The highest BCUT2D eigenvalue weighted by Gasteiger charge is 2.25. The van der Waals surface area contributed by atoms with Crippen LogP contribution in [-0.4, -0.2) is 13.2 Å². The molecule has 1 aliphatic heterocycles. The monoisotopic (exact) mass is 528 g/mol. The van der Waals surface area contributed by atoms with Crippen LogP contribution in [0.5, 0.6) is 5.75 Å². The minimum atomic E-state index is -1.51. The summed E-state index contributed by atoms with van der Waals surface area (Å²) in [5.74, 6) is -5.93. The first-order chi connectivity index (χ1) is 18.3. The van der Waals surface area contributed by atoms with Crippen molar-refractivity contribution in [2.45, 2.75) is 32.7 Å². The van der Waals surface area contributed by atoms with Gasteiger partial charge in [0, 0.05) is 16.9 Å². The van der Waals surface area contributed by atoms with Crippen LogP contribution in [0, 0.1) is 35.0 Å². The van der Waals surface area contributed by atoms with Crippen LogP contribution in [0.15, 0.2) is 60.7 Å². The summed E-state index contributed by atoms with van der Waals surface area (Å²) in [6.07, 6.45) is 1.15. The molecule has 4 aromatic rings. The molecule has 4 aromatic carbocycles. The Balaban J connectivity index is 1.26. The van der Waals surface area contributed by atoms with Crippen molar-refractivity contribution in [1.82, 2.24) is 0 Å². The SMILES string of the molecule is CCC[C@H]1CO[C@H](c2cc(F)c(OCc3ccc(-c4ccc5c(F)c(F)c(F)cc5c4)cc3)c(F)c2)OC1. The van der Waals surface area contributed by atoms with Crippen molar-refractivity contribution in [3.63, 3.8) is 0 Å². The average Bonchev–Trinajstić information content (AvgIpc) is 2.92. The predicted octanol–water partition coefficient (Wildman–Crippen LogP) is 8.24. The lowest BCUT2D eigenvalue weighted by Crippen LogP contribution is -2.27. The first-order valence-corrected chi connectivity index (χ1v) is 12.4. The molecule has 0 amide bonds. The van der Waals surface area contributed by atoms with Crippen molar-refractivity contribution >= 4 is 10.8 Å². The topological polar surface area (TPSA) is 27.7 Å². The van der Waals surface area contributed by atoms with Gasteiger partial charge in [0.15, 0.2) is 41.1 Å². The van der Waals surface area contributed by atoms with E-state index in [4.69, 9.17) is 14.2 Å². The van der Waals surface area contributed by atoms with E-state index in [1.807, 2.05) is 0 Å². The van der Waals surface area contributed by atoms with Gasteiger partial charge in [0.1, 0.15) is 6.61 Å². The number of ether oxygens (including phenoxy) is 3. The predicted molar refractivity (Wildman–Crippen MR) is 133 cm³/mol. The molecule has 0 aliphatic carbocycles. The van der Waals surface area contributed by atoms with Crippen LogP contribution in [-0.2, 0) is 16.1 Å². The fraction of sp³-hybridized carbons (Fsp3) is 0.267. The van der Waals surface area contributed by atoms with Crippen molar-refractivity contribution in [3.8, 4) is 16.9 Å². The Hall–Kier alpha value is -3.49. The Bertz CT molecular complexity index is 1420. The maximum absolute atomic E-state index is 14.7. The molecule has 0 spiro atoms. The van der Waals surface area contributed by atoms with E-state index in [0.29, 0.717) is 24.3 Å². The fourth-order valence-electron chi connectivity index (χ4n) is 4.60. The molecule has 1 aliphatic rings. The molecule has 0 aromatic heterocycles. The van der Waals surface area contributed by atoms with E-state index in [9.17, 15) is 22.0 Å². The molecule has 38 heavy (non-hydrogen) atoms. The number of hydrogen-bond acceptors (Lipinski definition) is 3. The molecule has 0 N–H and O–H groups in total. The van der Waals surface area contributed by atoms with Gasteiger partial charge in [-0.05, 0) is 52.8 Å². The van der Waals surface area contributed by atoms with Gasteiger partial charge >= 0.3 is 0 Å². The third kappa shape index (κ3) is 5.37. The molecule has 0 bridgehead atoms. The van der Waals surface area contributed by atoms with E-state index in [-0.39, 0.29) is 28.9 Å². The van der Waals surface area contributed by atoms with E-state index < -0.39 is 41.1 Å². The highest BCUT2D eigenvalue weighted by molar-refractivity contribution is 5.88. The van der Waals surface area contributed by atoms with E-state index in [0.717, 1.165) is 36.6 Å². The molecule has 3 nitrogen and oxygen atoms in total. The standard InChI is InChI=1S/C30H25F5O3/c1-2-3-18-15-37-30(38-16-18)22-12-25(32)29(26(33)13-22)36-14-17-4-6-19(7-5-17)20-8-9-23-21(10-20)11-24(31)28(35)27(23)34/h4-13,18,30H,2-3,14-16H2,1H3/t18-,30-. The first kappa shape index (κ1) is 26.1. The van der Waals surface area contributed by atoms with Crippen LogP contribution in [0.3, 0.4) is 0 Å². The molecule has 1 heterocycles. The van der Waals surface area contributed by atoms with E-state index >= 15 is 0 Å². The van der Waals surface area contributed by atoms with Crippen molar-refractivity contribution in [2.24, 2.45) is 5.92 Å². The summed E-state index contributed by atoms with van der Waals surface area (Å²) >= 11 is 0. The minimum Gasteiger partial charge on any atom is -0.483 e. The third-order valence-corrected chi connectivity index (χ3v) is 6.60. The van der Waals surface area contributed by atoms with Gasteiger partial charge in [-0.15, -0.1) is 0 Å². The highest BCUT2D eigenvalue weighted by atomic mass is 19.2. The van der Waals surface area contributed by atoms with Gasteiger partial charge in [0.05, 0.1) is 13.2 Å². The summed E-state index contributed by atoms with van der Waals surface area (Å²) in [6, 6.07) is 14.7. The van der Waals surface area contributed by atoms with Crippen LogP contribution in [0.4, 0.5) is 22.0 Å². The summed E-state index contributed by atoms with van der Waals surface area (Å²) in [6.45, 7) is 2.94. The molecule has 0 unspecified atom stereocenters. The lowest BCUT2D eigenvalue weighted by Gasteiger charge is -2.29. The zero-order chi connectivity index (χ0) is 26.8. The van der Waals surface area contributed by atoms with Gasteiger partial charge in [0.25, 0.3) is 0 Å². The molecule has 5 rings (SSSR count). The van der Waals surface area contributed by atoms with Crippen molar-refractivity contribution in [3.05, 3.63) is 101 Å². The first-order valence-electron chi connectivity index (χ1n) is 12.4. The van der Waals surface area contributed by atoms with Gasteiger partial charge in [-0.25, -0.2) is 22.0 Å². The second-order valence-corrected chi connectivity index (χ2v) is 9.37. The maximum Gasteiger partial charge on any atom is 0.195 e. The summed E-state index contributed by atoms with van der Waals surface area (Å²) in [4.78, 5) is 0. The lowest BCUT2D eigenvalue weighted by atomic mass is 10.00. The Labute approximate surface area is 216 Å². The Kier molecular flexibility index (Phi) is 7.63. The van der Waals surface area contributed by atoms with Crippen molar-refractivity contribution in [2.75, 3.05) is 13.2 Å². The number of rotatable bonds is 7. The van der Waals surface area contributed by atoms with E-state index in [1.165, 1.54) is 6.07 Å². The molecule has 1 fully saturated rings. The summed E-state index contributed by atoms with van der Waals surface area (Å²) in [5, 5.41) is 0.209. The second kappa shape index (κ2) is 11.1. The van der Waals surface area contributed by atoms with Gasteiger partial charge in [0.2, 0.25) is 0 Å². The van der Waals surface area contributed by atoms with Crippen LogP contribution >= 0.6 is 0 Å². The normalized spacial score (nSPS) is 17.6. The van der Waals surface area contributed by atoms with Crippen LogP contribution in [0.2, 0.25) is 0 Å². The fourth-order valence-corrected chi connectivity index (χ4v) is 4.60. The average molecular weight is 529 g/mol. The Morgan fingerprint density at radius 1 is 0.763 bits per heavy atom. The molecular formula is C30H25F5O3. The smallest absolute Gasteiger partial charge is 0.195 e. The molecule has 0 saturated carbocycles. The lowest BCUT2D eigenvalue weighted by molar-refractivity contribution is -0.206. The number of halogens is 5. The van der Waals surface area contributed by atoms with Crippen LogP contribution in [0.25, 0.3) is 21.9 Å². The summed E-state index contributed by atoms with van der Waals surface area (Å²) in [7, 11) is 0. The summed E-state index contributed by atoms with van der Waals surface area (Å²) < 4.78 is 87.3. The highest BCUT2D eigenvalue weighted by Crippen LogP contribution is 2.33. The Morgan fingerprint density at radius 3 is 2.08 bits per heavy atom. The van der Waals surface area contributed by atoms with Crippen LogP contribution < -0.4 is 4.74 Å². The number of hydrogen-bond donors (Lipinski definition) is 0. The molecule has 1 saturated heterocycles. The second-order valence-electron chi connectivity index (χ2n) is 9.37. The van der Waals surface area contributed by atoms with Crippen LogP contribution in [0.1, 0.15) is 37.2 Å². The maximum atomic E-state index is 14.7. The number of benzene rings is 4. The molecule has 0 radical (unpaired) electrons. The van der Waals surface area contributed by atoms with Crippen molar-refractivity contribution in [1.29, 1.82) is 0 Å². The third-order valence-electron chi connectivity index (χ3n) is 6.60. The number of fused-ring (bicyclic) bond motifs is 1. The quantitative estimate of drug-likeness (QED) is 0.179. The Morgan fingerprint density at radius 2 is 1.42 bits per heavy atom. The largest absolute Gasteiger partial charge is 0.483 e.